The number of nitrogens with zero attached hydrogens (tertiary/aromatic N) is 1. The summed E-state index contributed by atoms with van der Waals surface area (Å²) in [5.41, 5.74) is -1.89. The SMILES string of the molecule is CC(=O)c1c(F)c(Br)c(F)c(C(C)=O)c1F.CC(=O)c1c(F)c(C(C)=O)c(F)c(N2c3ccccc3Oc3ccccc32)c1F.c1ccc2c(c1)Nc1ccccc1O2. The maximum atomic E-state index is 15.4. The lowest BCUT2D eigenvalue weighted by atomic mass is 9.99. The average molecular weight is 876 g/mol. The van der Waals surface area contributed by atoms with Crippen molar-refractivity contribution in [3.8, 4) is 23.0 Å². The van der Waals surface area contributed by atoms with E-state index in [0.717, 1.165) is 50.6 Å². The summed E-state index contributed by atoms with van der Waals surface area (Å²) in [6, 6.07) is 28.8. The van der Waals surface area contributed by atoms with Crippen LogP contribution >= 0.6 is 15.9 Å². The van der Waals surface area contributed by atoms with Gasteiger partial charge in [0.15, 0.2) is 81.0 Å². The minimum absolute atomic E-state index is 0.277. The van der Waals surface area contributed by atoms with Gasteiger partial charge >= 0.3 is 0 Å². The number of hydrogen-bond donors (Lipinski definition) is 1. The number of para-hydroxylation sites is 8. The van der Waals surface area contributed by atoms with Crippen LogP contribution in [0.2, 0.25) is 0 Å². The molecule has 0 fully saturated rings. The van der Waals surface area contributed by atoms with E-state index in [1.54, 1.807) is 48.5 Å². The number of Topliss-reactive ketones (excluding diaryl/α,β-unsaturated/α-hetero) is 4. The van der Waals surface area contributed by atoms with Gasteiger partial charge in [-0.25, -0.2) is 26.3 Å². The van der Waals surface area contributed by atoms with Crippen molar-refractivity contribution < 1.29 is 55.0 Å². The first-order valence-electron chi connectivity index (χ1n) is 17.4. The third-order valence-electron chi connectivity index (χ3n) is 8.88. The molecule has 8 nitrogen and oxygen atoms in total. The first-order chi connectivity index (χ1) is 28.0. The summed E-state index contributed by atoms with van der Waals surface area (Å²) >= 11 is 2.53. The minimum atomic E-state index is -1.50. The van der Waals surface area contributed by atoms with Crippen LogP contribution in [-0.2, 0) is 0 Å². The first-order valence-corrected chi connectivity index (χ1v) is 18.2. The second kappa shape index (κ2) is 17.0. The van der Waals surface area contributed by atoms with Crippen molar-refractivity contribution in [1.29, 1.82) is 0 Å². The summed E-state index contributed by atoms with van der Waals surface area (Å²) in [5, 5.41) is 3.32. The van der Waals surface area contributed by atoms with Crippen LogP contribution in [0.4, 0.5) is 54.8 Å². The zero-order valence-electron chi connectivity index (χ0n) is 31.3. The molecule has 6 aromatic rings. The Morgan fingerprint density at radius 2 is 0.763 bits per heavy atom. The normalized spacial score (nSPS) is 11.6. The summed E-state index contributed by atoms with van der Waals surface area (Å²) in [5.74, 6) is -9.79. The zero-order valence-corrected chi connectivity index (χ0v) is 32.9. The van der Waals surface area contributed by atoms with E-state index in [-0.39, 0.29) is 11.4 Å². The summed E-state index contributed by atoms with van der Waals surface area (Å²) in [6.07, 6.45) is 0. The van der Waals surface area contributed by atoms with Crippen molar-refractivity contribution in [3.63, 3.8) is 0 Å². The van der Waals surface area contributed by atoms with Crippen molar-refractivity contribution in [2.45, 2.75) is 27.7 Å². The predicted molar refractivity (Wildman–Crippen MR) is 211 cm³/mol. The number of carbonyl (C=O) groups is 4. The molecule has 15 heteroatoms. The molecule has 1 N–H and O–H groups in total. The molecule has 2 aliphatic rings. The highest BCUT2D eigenvalue weighted by Gasteiger charge is 2.36. The molecule has 0 amide bonds. The summed E-state index contributed by atoms with van der Waals surface area (Å²) in [7, 11) is 0. The molecule has 2 heterocycles. The largest absolute Gasteiger partial charge is 0.453 e. The average Bonchev–Trinajstić information content (AvgIpc) is 3.19. The van der Waals surface area contributed by atoms with E-state index >= 15 is 8.78 Å². The molecule has 8 rings (SSSR count). The molecule has 0 radical (unpaired) electrons. The number of rotatable bonds is 5. The lowest BCUT2D eigenvalue weighted by Crippen LogP contribution is -2.22. The molecule has 0 saturated carbocycles. The van der Waals surface area contributed by atoms with Gasteiger partial charge in [0.05, 0.1) is 49.5 Å². The molecule has 6 aromatic carbocycles. The topological polar surface area (TPSA) is 102 Å². The van der Waals surface area contributed by atoms with Crippen LogP contribution in [-0.4, -0.2) is 23.1 Å². The smallest absolute Gasteiger partial charge is 0.165 e. The van der Waals surface area contributed by atoms with E-state index in [4.69, 9.17) is 9.47 Å². The number of carbonyl (C=O) groups excluding carboxylic acids is 4. The third kappa shape index (κ3) is 7.93. The Labute approximate surface area is 341 Å². The highest BCUT2D eigenvalue weighted by Crippen LogP contribution is 2.52. The van der Waals surface area contributed by atoms with E-state index in [1.165, 1.54) is 4.90 Å². The Kier molecular flexibility index (Phi) is 12.1. The molecule has 0 saturated heterocycles. The van der Waals surface area contributed by atoms with Gasteiger partial charge in [0.2, 0.25) is 0 Å². The zero-order chi connectivity index (χ0) is 42.9. The molecule has 59 heavy (non-hydrogen) atoms. The maximum absolute atomic E-state index is 15.4. The fraction of sp³-hybridized carbons (Fsp3) is 0.0909. The van der Waals surface area contributed by atoms with Crippen molar-refractivity contribution in [3.05, 3.63) is 159 Å². The molecular formula is C44H29BrF6N2O6. The van der Waals surface area contributed by atoms with Crippen LogP contribution in [0.1, 0.15) is 69.1 Å². The Bertz CT molecular complexity index is 2510. The number of hydrogen-bond acceptors (Lipinski definition) is 8. The molecule has 0 unspecified atom stereocenters. The lowest BCUT2D eigenvalue weighted by molar-refractivity contribution is 0.0983. The number of ketones is 4. The summed E-state index contributed by atoms with van der Waals surface area (Å²) < 4.78 is 96.4. The quantitative estimate of drug-likeness (QED) is 0.0789. The van der Waals surface area contributed by atoms with Crippen molar-refractivity contribution in [1.82, 2.24) is 0 Å². The molecule has 0 spiro atoms. The fourth-order valence-corrected chi connectivity index (χ4v) is 6.64. The Balaban J connectivity index is 0.000000164. The van der Waals surface area contributed by atoms with Gasteiger partial charge in [-0.05, 0) is 92.2 Å². The standard InChI is InChI=1S/C22H14F3NO3.C12H9NO.C10H6BrF3O2/c1-11(27)17-19(23)18(12(2)28)21(25)22(20(17)24)26-13-7-3-5-9-15(13)29-16-10-6-4-8-14(16)26;1-3-7-11-9(5-1)13-10-6-2-4-8-12(10)14-11;1-3(15)5-8(12)6(4(2)16)10(14)7(11)9(5)13/h3-10H,1-2H3;1-8,13H;1-2H3. The van der Waals surface area contributed by atoms with Crippen LogP contribution in [0.5, 0.6) is 23.0 Å². The van der Waals surface area contributed by atoms with Crippen LogP contribution in [0.25, 0.3) is 0 Å². The van der Waals surface area contributed by atoms with Gasteiger partial charge in [-0.2, -0.15) is 0 Å². The molecule has 2 aliphatic heterocycles. The van der Waals surface area contributed by atoms with Crippen LogP contribution < -0.4 is 19.7 Å². The Hall–Kier alpha value is -6.74. The van der Waals surface area contributed by atoms with E-state index in [1.807, 2.05) is 48.5 Å². The predicted octanol–water partition coefficient (Wildman–Crippen LogP) is 12.9. The highest BCUT2D eigenvalue weighted by atomic mass is 79.9. The number of nitrogens with one attached hydrogen (secondary N) is 1. The first kappa shape index (κ1) is 41.9. The monoisotopic (exact) mass is 874 g/mol. The van der Waals surface area contributed by atoms with Gasteiger partial charge < -0.3 is 14.8 Å². The summed E-state index contributed by atoms with van der Waals surface area (Å²) in [4.78, 5) is 47.1. The van der Waals surface area contributed by atoms with Gasteiger partial charge in [0, 0.05) is 0 Å². The molecule has 300 valence electrons. The van der Waals surface area contributed by atoms with Crippen LogP contribution in [0, 0.1) is 34.9 Å². The summed E-state index contributed by atoms with van der Waals surface area (Å²) in [6.45, 7) is 3.76. The number of anilines is 5. The van der Waals surface area contributed by atoms with Gasteiger partial charge in [-0.1, -0.05) is 48.5 Å². The highest BCUT2D eigenvalue weighted by molar-refractivity contribution is 9.10. The number of benzene rings is 6. The Morgan fingerprint density at radius 1 is 0.458 bits per heavy atom. The van der Waals surface area contributed by atoms with E-state index in [0.29, 0.717) is 11.5 Å². The van der Waals surface area contributed by atoms with Gasteiger partial charge in [0.25, 0.3) is 0 Å². The number of ether oxygens (including phenoxy) is 2. The number of fused-ring (bicyclic) bond motifs is 4. The van der Waals surface area contributed by atoms with Crippen molar-refractivity contribution in [2.75, 3.05) is 10.2 Å². The lowest BCUT2D eigenvalue weighted by Gasteiger charge is -2.33. The van der Waals surface area contributed by atoms with Gasteiger partial charge in [-0.3, -0.25) is 24.1 Å². The molecule has 0 aliphatic carbocycles. The van der Waals surface area contributed by atoms with E-state index in [9.17, 15) is 36.7 Å². The van der Waals surface area contributed by atoms with Crippen LogP contribution in [0.15, 0.2) is 102 Å². The van der Waals surface area contributed by atoms with Gasteiger partial charge in [-0.15, -0.1) is 0 Å². The fourth-order valence-electron chi connectivity index (χ4n) is 6.24. The van der Waals surface area contributed by atoms with E-state index < -0.39 is 90.5 Å². The van der Waals surface area contributed by atoms with Gasteiger partial charge in [0.1, 0.15) is 5.69 Å². The number of halogens is 7. The second-order valence-corrected chi connectivity index (χ2v) is 13.7. The molecule has 0 aromatic heterocycles. The minimum Gasteiger partial charge on any atom is -0.453 e. The molecule has 0 bridgehead atoms. The maximum Gasteiger partial charge on any atom is 0.165 e. The molecular weight excluding hydrogens is 846 g/mol. The van der Waals surface area contributed by atoms with Crippen LogP contribution in [0.3, 0.4) is 0 Å². The molecule has 0 atom stereocenters. The van der Waals surface area contributed by atoms with Crippen molar-refractivity contribution in [2.24, 2.45) is 0 Å². The second-order valence-electron chi connectivity index (χ2n) is 12.9. The Morgan fingerprint density at radius 3 is 1.14 bits per heavy atom. The van der Waals surface area contributed by atoms with Crippen molar-refractivity contribution >= 4 is 67.5 Å². The van der Waals surface area contributed by atoms with E-state index in [2.05, 4.69) is 21.2 Å². The third-order valence-corrected chi connectivity index (χ3v) is 9.58.